The van der Waals surface area contributed by atoms with E-state index in [9.17, 15) is 65.9 Å². The zero-order chi connectivity index (χ0) is 67.8. The summed E-state index contributed by atoms with van der Waals surface area (Å²) in [5.74, 6) is -3.99. The summed E-state index contributed by atoms with van der Waals surface area (Å²) in [6.45, 7) is 3.79. The molecule has 0 saturated carbocycles. The fraction of sp³-hybridized carbons (Fsp3) is 0.452. The molecule has 27 nitrogen and oxygen atoms in total. The number of nitrogens with zero attached hydrogens (tertiary/aromatic N) is 11. The number of aryl methyl sites for hydroxylation is 2. The minimum absolute atomic E-state index is 0.00583. The van der Waals surface area contributed by atoms with Crippen LogP contribution >= 0.6 is 18.8 Å². The molecule has 31 heteroatoms. The number of benzene rings is 4. The number of ketones is 2. The first-order valence-corrected chi connectivity index (χ1v) is 35.0. The van der Waals surface area contributed by atoms with Crippen LogP contribution in [0.3, 0.4) is 0 Å². The van der Waals surface area contributed by atoms with Gasteiger partial charge in [-0.15, -0.1) is 40.8 Å². The molecule has 2 aromatic heterocycles. The third-order valence-electron chi connectivity index (χ3n) is 14.9. The number of carbonyl (C=O) groups excluding carboxylic acids is 4. The summed E-state index contributed by atoms with van der Waals surface area (Å²) < 4.78 is 56.2. The number of para-hydroxylation sites is 1. The fourth-order valence-corrected chi connectivity index (χ4v) is 13.5. The zero-order valence-electron chi connectivity index (χ0n) is 52.1. The summed E-state index contributed by atoms with van der Waals surface area (Å²) in [5, 5.41) is 65.8. The Hall–Kier alpha value is -8.26. The van der Waals surface area contributed by atoms with Gasteiger partial charge < -0.3 is 20.4 Å². The number of aromatic nitrogens is 8. The fourth-order valence-electron chi connectivity index (χ4n) is 9.79. The van der Waals surface area contributed by atoms with Crippen molar-refractivity contribution in [3.05, 3.63) is 136 Å². The van der Waals surface area contributed by atoms with E-state index in [4.69, 9.17) is 0 Å². The number of non-ortho nitro benzene ring substituents is 1. The maximum absolute atomic E-state index is 13.4. The van der Waals surface area contributed by atoms with Crippen molar-refractivity contribution in [2.24, 2.45) is 11.8 Å². The quantitative estimate of drug-likeness (QED) is 0.00918. The number of rotatable bonds is 41. The highest BCUT2D eigenvalue weighted by molar-refractivity contribution is 7.93. The van der Waals surface area contributed by atoms with Gasteiger partial charge in [0.1, 0.15) is 23.4 Å². The highest BCUT2D eigenvalue weighted by atomic mass is 32.2. The van der Waals surface area contributed by atoms with Crippen LogP contribution < -0.4 is 18.8 Å². The molecule has 0 aliphatic heterocycles. The van der Waals surface area contributed by atoms with Crippen molar-refractivity contribution >= 4 is 91.2 Å². The van der Waals surface area contributed by atoms with Crippen LogP contribution in [0.2, 0.25) is 0 Å². The molecular weight excluding hydrogens is 1280 g/mol. The van der Waals surface area contributed by atoms with Crippen LogP contribution in [0.15, 0.2) is 103 Å². The molecule has 2 heterocycles. The molecule has 500 valence electrons. The van der Waals surface area contributed by atoms with E-state index >= 15 is 0 Å². The van der Waals surface area contributed by atoms with Crippen molar-refractivity contribution < 1.29 is 60.7 Å². The monoisotopic (exact) mass is 1360 g/mol. The number of Topliss-reactive ketones (excluding diaryl/α,β-unsaturated/α-hetero) is 2. The topological polar surface area (TPSA) is 388 Å². The van der Waals surface area contributed by atoms with Gasteiger partial charge in [0, 0.05) is 62.0 Å². The third-order valence-corrected chi connectivity index (χ3v) is 19.2. The molecule has 4 N–H and O–H groups in total. The Kier molecular flexibility index (Phi) is 31.9. The molecule has 2 amide bonds. The lowest BCUT2D eigenvalue weighted by atomic mass is 10.00. The standard InChI is InChI=1S/C31H40N7O8PS.C31H41N6O6PS/c1-22-32-34-29(35-33-22)24-13-11-23(12-14-24)21-27(39)9-6-7-19-37(25-15-17-26(18-16-25)38(43)44)48(45,46)20-8-4-2-3-5-10-28(31(41)42)30(40)36-47;1-23-32-34-29(35-33-23)25-18-16-24(17-19-25)22-27(38)14-9-10-20-37(26-12-6-5-7-13-26)45(42,43)21-11-4-2-3-8-15-28(31(40)41)30(39)36-44/h11-18,28H,2-10,19-21,47H2,1H3,(H,36,40)(H,41,42);5-7,12-13,16-19,28H,2-4,8-11,14-15,20-22,44H2,1H3,(H,36,39)(H,40,41). The number of anilines is 2. The summed E-state index contributed by atoms with van der Waals surface area (Å²) >= 11 is 0. The predicted octanol–water partition coefficient (Wildman–Crippen LogP) is 8.52. The molecule has 0 aliphatic carbocycles. The molecule has 4 unspecified atom stereocenters. The van der Waals surface area contributed by atoms with Crippen LogP contribution in [0.25, 0.3) is 22.8 Å². The van der Waals surface area contributed by atoms with Gasteiger partial charge in [0.05, 0.1) is 27.8 Å². The maximum Gasteiger partial charge on any atom is 0.316 e. The predicted molar refractivity (Wildman–Crippen MR) is 356 cm³/mol. The van der Waals surface area contributed by atoms with Gasteiger partial charge in [0.2, 0.25) is 43.5 Å². The van der Waals surface area contributed by atoms with Gasteiger partial charge in [0.15, 0.2) is 11.6 Å². The van der Waals surface area contributed by atoms with E-state index in [1.165, 1.54) is 32.9 Å². The summed E-state index contributed by atoms with van der Waals surface area (Å²) in [5.41, 5.74) is 3.93. The Morgan fingerprint density at radius 3 is 1.19 bits per heavy atom. The smallest absolute Gasteiger partial charge is 0.316 e. The zero-order valence-corrected chi connectivity index (χ0v) is 56.1. The number of unbranched alkanes of at least 4 members (excludes halogenated alkanes) is 10. The Bertz CT molecular complexity index is 3610. The number of nitro groups is 1. The number of nitro benzene ring substituents is 1. The third kappa shape index (κ3) is 26.3. The lowest BCUT2D eigenvalue weighted by molar-refractivity contribution is -0.384. The van der Waals surface area contributed by atoms with Gasteiger partial charge in [-0.1, -0.05) is 118 Å². The van der Waals surface area contributed by atoms with E-state index in [0.29, 0.717) is 125 Å². The number of carboxylic acid groups (broad SMARTS) is 2. The Labute approximate surface area is 546 Å². The molecule has 6 rings (SSSR count). The van der Waals surface area contributed by atoms with Gasteiger partial charge in [0.25, 0.3) is 5.69 Å². The van der Waals surface area contributed by atoms with Crippen molar-refractivity contribution in [2.45, 2.75) is 142 Å². The van der Waals surface area contributed by atoms with Crippen LogP contribution in [-0.2, 0) is 61.7 Å². The molecule has 0 fully saturated rings. The van der Waals surface area contributed by atoms with E-state index in [2.05, 4.69) is 51.0 Å². The lowest BCUT2D eigenvalue weighted by Crippen LogP contribution is -2.34. The van der Waals surface area contributed by atoms with Crippen LogP contribution in [0.5, 0.6) is 0 Å². The highest BCUT2D eigenvalue weighted by Gasteiger charge is 2.27. The second-order valence-electron chi connectivity index (χ2n) is 22.1. The van der Waals surface area contributed by atoms with E-state index in [1.54, 1.807) is 50.2 Å². The van der Waals surface area contributed by atoms with E-state index in [1.807, 2.05) is 61.2 Å². The van der Waals surface area contributed by atoms with Gasteiger partial charge in [-0.05, 0) is 119 Å². The van der Waals surface area contributed by atoms with Crippen molar-refractivity contribution in [3.63, 3.8) is 0 Å². The molecule has 4 aromatic carbocycles. The van der Waals surface area contributed by atoms with Crippen LogP contribution in [0.1, 0.15) is 138 Å². The second kappa shape index (κ2) is 39.3. The number of carboxylic acids is 2. The van der Waals surface area contributed by atoms with E-state index in [0.717, 1.165) is 28.7 Å². The van der Waals surface area contributed by atoms with Gasteiger partial charge in [-0.25, -0.2) is 16.8 Å². The number of aliphatic carboxylic acids is 2. The first kappa shape index (κ1) is 75.5. The van der Waals surface area contributed by atoms with Crippen molar-refractivity contribution in [1.29, 1.82) is 0 Å². The maximum atomic E-state index is 13.4. The second-order valence-corrected chi connectivity index (χ2v) is 26.7. The molecular formula is C62H81N13O14P2S2. The average molecular weight is 1360 g/mol. The Balaban J connectivity index is 0.000000338. The van der Waals surface area contributed by atoms with Crippen molar-refractivity contribution in [1.82, 2.24) is 51.0 Å². The molecule has 0 saturated heterocycles. The molecule has 0 aliphatic rings. The number of sulfonamides is 2. The molecule has 93 heavy (non-hydrogen) atoms. The van der Waals surface area contributed by atoms with E-state index in [-0.39, 0.29) is 74.0 Å². The van der Waals surface area contributed by atoms with E-state index < -0.39 is 60.6 Å². The number of hydrogen-bond acceptors (Lipinski definition) is 20. The molecule has 4 atom stereocenters. The SMILES string of the molecule is Cc1nnc(-c2ccc(CC(=O)CCCCN(c3ccc([N+](=O)[O-])cc3)S(=O)(=O)CCCCCCCC(C(=O)O)C(=O)NP)cc2)nn1.Cc1nnc(-c2ccc(CC(=O)CCCCN(c3ccccc3)S(=O)(=O)CCCCCCCC(C(=O)O)C(=O)NP)cc2)nn1. The number of nitrogens with one attached hydrogen (secondary N) is 2. The summed E-state index contributed by atoms with van der Waals surface area (Å²) in [6.07, 6.45) is 9.46. The van der Waals surface area contributed by atoms with Gasteiger partial charge in [-0.3, -0.25) is 47.5 Å². The highest BCUT2D eigenvalue weighted by Crippen LogP contribution is 2.26. The average Bonchev–Trinajstić information content (AvgIpc) is 0.948. The van der Waals surface area contributed by atoms with Gasteiger partial charge in [-0.2, -0.15) is 0 Å². The minimum Gasteiger partial charge on any atom is -0.481 e. The van der Waals surface area contributed by atoms with Gasteiger partial charge >= 0.3 is 11.9 Å². The number of hydrogen-bond donors (Lipinski definition) is 4. The number of carbonyl (C=O) groups is 6. The molecule has 0 spiro atoms. The first-order valence-electron chi connectivity index (χ1n) is 30.6. The summed E-state index contributed by atoms with van der Waals surface area (Å²) in [6, 6.07) is 28.9. The summed E-state index contributed by atoms with van der Waals surface area (Å²) in [7, 11) is -3.37. The molecule has 0 radical (unpaired) electrons. The normalized spacial score (nSPS) is 11.9. The van der Waals surface area contributed by atoms with Crippen LogP contribution in [-0.4, -0.2) is 133 Å². The summed E-state index contributed by atoms with van der Waals surface area (Å²) in [4.78, 5) is 81.8. The number of amides is 2. The molecule has 6 aromatic rings. The molecule has 0 bridgehead atoms. The van der Waals surface area contributed by atoms with Crippen molar-refractivity contribution in [2.75, 3.05) is 33.2 Å². The largest absolute Gasteiger partial charge is 0.481 e. The lowest BCUT2D eigenvalue weighted by Gasteiger charge is -2.24. The Morgan fingerprint density at radius 1 is 0.484 bits per heavy atom. The van der Waals surface area contributed by atoms with Crippen molar-refractivity contribution in [3.8, 4) is 22.8 Å². The Morgan fingerprint density at radius 2 is 0.839 bits per heavy atom. The van der Waals surface area contributed by atoms with Crippen LogP contribution in [0, 0.1) is 35.8 Å². The minimum atomic E-state index is -3.79. The first-order chi connectivity index (χ1) is 44.5. The van der Waals surface area contributed by atoms with Crippen LogP contribution in [0.4, 0.5) is 17.1 Å².